The zero-order chi connectivity index (χ0) is 14.7. The Balaban J connectivity index is 2.13. The molecule has 3 N–H and O–H groups in total. The van der Waals surface area contributed by atoms with Gasteiger partial charge in [-0.05, 0) is 36.8 Å². The highest BCUT2D eigenvalue weighted by molar-refractivity contribution is 6.31. The van der Waals surface area contributed by atoms with Crippen molar-refractivity contribution in [1.29, 1.82) is 5.41 Å². The fourth-order valence-corrected chi connectivity index (χ4v) is 2.00. The lowest BCUT2D eigenvalue weighted by Crippen LogP contribution is -2.11. The molecule has 0 spiro atoms. The average molecular weight is 293 g/mol. The molecule has 0 fully saturated rings. The van der Waals surface area contributed by atoms with Crippen molar-refractivity contribution < 1.29 is 9.13 Å². The van der Waals surface area contributed by atoms with Crippen LogP contribution in [0.15, 0.2) is 36.4 Å². The second kappa shape index (κ2) is 5.92. The van der Waals surface area contributed by atoms with Crippen molar-refractivity contribution in [3.8, 4) is 5.75 Å². The van der Waals surface area contributed by atoms with Crippen LogP contribution < -0.4 is 10.5 Å². The number of benzene rings is 2. The SMILES string of the molecule is Cc1cc(F)ccc1OCc1ccc(C(=N)N)cc1Cl. The first kappa shape index (κ1) is 14.3. The van der Waals surface area contributed by atoms with Crippen LogP contribution in [0.25, 0.3) is 0 Å². The molecule has 0 aromatic heterocycles. The van der Waals surface area contributed by atoms with Crippen molar-refractivity contribution in [3.63, 3.8) is 0 Å². The molecular formula is C15H14ClFN2O. The Hall–Kier alpha value is -2.07. The number of rotatable bonds is 4. The fraction of sp³-hybridized carbons (Fsp3) is 0.133. The van der Waals surface area contributed by atoms with E-state index < -0.39 is 0 Å². The summed E-state index contributed by atoms with van der Waals surface area (Å²) in [5.41, 5.74) is 7.46. The average Bonchev–Trinajstić information content (AvgIpc) is 2.38. The highest BCUT2D eigenvalue weighted by atomic mass is 35.5. The first-order valence-electron chi connectivity index (χ1n) is 5.99. The van der Waals surface area contributed by atoms with Gasteiger partial charge in [-0.2, -0.15) is 0 Å². The van der Waals surface area contributed by atoms with Gasteiger partial charge in [-0.25, -0.2) is 4.39 Å². The predicted molar refractivity (Wildman–Crippen MR) is 77.9 cm³/mol. The van der Waals surface area contributed by atoms with Crippen LogP contribution in [-0.4, -0.2) is 5.84 Å². The molecule has 0 atom stereocenters. The van der Waals surface area contributed by atoms with E-state index in [1.807, 2.05) is 0 Å². The number of aryl methyl sites for hydroxylation is 1. The van der Waals surface area contributed by atoms with Gasteiger partial charge in [0, 0.05) is 16.1 Å². The lowest BCUT2D eigenvalue weighted by atomic mass is 10.1. The molecule has 0 aliphatic rings. The van der Waals surface area contributed by atoms with E-state index in [0.29, 0.717) is 16.3 Å². The number of nitrogens with one attached hydrogen (secondary N) is 1. The molecule has 3 nitrogen and oxygen atoms in total. The van der Waals surface area contributed by atoms with Crippen molar-refractivity contribution in [2.45, 2.75) is 13.5 Å². The van der Waals surface area contributed by atoms with E-state index >= 15 is 0 Å². The van der Waals surface area contributed by atoms with Crippen LogP contribution in [-0.2, 0) is 6.61 Å². The van der Waals surface area contributed by atoms with Gasteiger partial charge in [-0.3, -0.25) is 5.41 Å². The van der Waals surface area contributed by atoms with Crippen molar-refractivity contribution in [3.05, 3.63) is 63.9 Å². The third-order valence-corrected chi connectivity index (χ3v) is 3.24. The molecule has 0 unspecified atom stereocenters. The maximum Gasteiger partial charge on any atom is 0.123 e. The zero-order valence-electron chi connectivity index (χ0n) is 10.9. The topological polar surface area (TPSA) is 59.1 Å². The summed E-state index contributed by atoms with van der Waals surface area (Å²) in [5, 5.41) is 7.82. The molecule has 2 aromatic carbocycles. The first-order valence-corrected chi connectivity index (χ1v) is 6.37. The molecular weight excluding hydrogens is 279 g/mol. The molecule has 2 aromatic rings. The van der Waals surface area contributed by atoms with E-state index in [1.54, 1.807) is 31.2 Å². The number of halogens is 2. The molecule has 5 heteroatoms. The third kappa shape index (κ3) is 3.27. The summed E-state index contributed by atoms with van der Waals surface area (Å²) in [6, 6.07) is 9.45. The van der Waals surface area contributed by atoms with Gasteiger partial charge in [0.1, 0.15) is 24.0 Å². The van der Waals surface area contributed by atoms with Crippen LogP contribution in [0.4, 0.5) is 4.39 Å². The largest absolute Gasteiger partial charge is 0.489 e. The Kier molecular flexibility index (Phi) is 4.25. The minimum atomic E-state index is -0.293. The molecule has 0 saturated carbocycles. The molecule has 0 heterocycles. The summed E-state index contributed by atoms with van der Waals surface area (Å²) in [6.45, 7) is 2.04. The van der Waals surface area contributed by atoms with Crippen molar-refractivity contribution in [1.82, 2.24) is 0 Å². The number of nitrogen functional groups attached to an aromatic ring is 1. The summed E-state index contributed by atoms with van der Waals surface area (Å²) in [5.74, 6) is 0.283. The standard InChI is InChI=1S/C15H14ClFN2O/c1-9-6-12(17)4-5-14(9)20-8-11-3-2-10(15(18)19)7-13(11)16/h2-7H,8H2,1H3,(H3,18,19). The van der Waals surface area contributed by atoms with Gasteiger partial charge in [-0.15, -0.1) is 0 Å². The quantitative estimate of drug-likeness (QED) is 0.667. The Bertz CT molecular complexity index is 658. The maximum atomic E-state index is 13.0. The molecule has 20 heavy (non-hydrogen) atoms. The summed E-state index contributed by atoms with van der Waals surface area (Å²) in [6.07, 6.45) is 0. The number of amidine groups is 1. The monoisotopic (exact) mass is 292 g/mol. The molecule has 0 aliphatic heterocycles. The number of hydrogen-bond donors (Lipinski definition) is 2. The van der Waals surface area contributed by atoms with Gasteiger partial charge in [0.25, 0.3) is 0 Å². The molecule has 104 valence electrons. The van der Waals surface area contributed by atoms with E-state index in [0.717, 1.165) is 11.1 Å². The lowest BCUT2D eigenvalue weighted by molar-refractivity contribution is 0.303. The second-order valence-corrected chi connectivity index (χ2v) is 4.83. The number of hydrogen-bond acceptors (Lipinski definition) is 2. The summed E-state index contributed by atoms with van der Waals surface area (Å²) in [7, 11) is 0. The summed E-state index contributed by atoms with van der Waals surface area (Å²) >= 11 is 6.11. The Morgan fingerprint density at radius 1 is 1.30 bits per heavy atom. The Labute approximate surface area is 121 Å². The highest BCUT2D eigenvalue weighted by Gasteiger charge is 2.06. The zero-order valence-corrected chi connectivity index (χ0v) is 11.7. The fourth-order valence-electron chi connectivity index (χ4n) is 1.76. The van der Waals surface area contributed by atoms with Gasteiger partial charge >= 0.3 is 0 Å². The Morgan fingerprint density at radius 2 is 2.05 bits per heavy atom. The molecule has 2 rings (SSSR count). The second-order valence-electron chi connectivity index (χ2n) is 4.42. The Morgan fingerprint density at radius 3 is 2.65 bits per heavy atom. The van der Waals surface area contributed by atoms with Gasteiger partial charge in [0.05, 0.1) is 0 Å². The number of ether oxygens (including phenoxy) is 1. The number of nitrogens with two attached hydrogens (primary N) is 1. The van der Waals surface area contributed by atoms with Crippen LogP contribution in [0.2, 0.25) is 5.02 Å². The van der Waals surface area contributed by atoms with Gasteiger partial charge in [-0.1, -0.05) is 23.7 Å². The molecule has 0 saturated heterocycles. The molecule has 0 amide bonds. The van der Waals surface area contributed by atoms with Crippen LogP contribution in [0.1, 0.15) is 16.7 Å². The van der Waals surface area contributed by atoms with Crippen LogP contribution in [0.5, 0.6) is 5.75 Å². The van der Waals surface area contributed by atoms with Gasteiger partial charge < -0.3 is 10.5 Å². The maximum absolute atomic E-state index is 13.0. The lowest BCUT2D eigenvalue weighted by Gasteiger charge is -2.11. The van der Waals surface area contributed by atoms with Crippen LogP contribution in [0, 0.1) is 18.2 Å². The predicted octanol–water partition coefficient (Wildman–Crippen LogP) is 3.65. The smallest absolute Gasteiger partial charge is 0.123 e. The molecule has 0 aliphatic carbocycles. The minimum absolute atomic E-state index is 0.0336. The van der Waals surface area contributed by atoms with Crippen molar-refractivity contribution >= 4 is 17.4 Å². The van der Waals surface area contributed by atoms with E-state index in [1.165, 1.54) is 12.1 Å². The third-order valence-electron chi connectivity index (χ3n) is 2.88. The minimum Gasteiger partial charge on any atom is -0.489 e. The van der Waals surface area contributed by atoms with Crippen LogP contribution >= 0.6 is 11.6 Å². The van der Waals surface area contributed by atoms with E-state index in [-0.39, 0.29) is 18.3 Å². The van der Waals surface area contributed by atoms with Gasteiger partial charge in [0.15, 0.2) is 0 Å². The molecule has 0 bridgehead atoms. The van der Waals surface area contributed by atoms with Crippen LogP contribution in [0.3, 0.4) is 0 Å². The molecule has 0 radical (unpaired) electrons. The van der Waals surface area contributed by atoms with E-state index in [9.17, 15) is 4.39 Å². The first-order chi connectivity index (χ1) is 9.47. The normalized spacial score (nSPS) is 10.3. The highest BCUT2D eigenvalue weighted by Crippen LogP contribution is 2.23. The van der Waals surface area contributed by atoms with E-state index in [4.69, 9.17) is 27.5 Å². The van der Waals surface area contributed by atoms with Crippen molar-refractivity contribution in [2.24, 2.45) is 5.73 Å². The summed E-state index contributed by atoms with van der Waals surface area (Å²) < 4.78 is 18.6. The van der Waals surface area contributed by atoms with Crippen molar-refractivity contribution in [2.75, 3.05) is 0 Å². The summed E-state index contributed by atoms with van der Waals surface area (Å²) in [4.78, 5) is 0. The van der Waals surface area contributed by atoms with Gasteiger partial charge in [0.2, 0.25) is 0 Å². The van der Waals surface area contributed by atoms with E-state index in [2.05, 4.69) is 0 Å².